The summed E-state index contributed by atoms with van der Waals surface area (Å²) in [4.78, 5) is 2.35. The molecule has 0 aliphatic carbocycles. The predicted molar refractivity (Wildman–Crippen MR) is 98.5 cm³/mol. The molecule has 2 aromatic rings. The third kappa shape index (κ3) is 4.73. The first kappa shape index (κ1) is 18.3. The fourth-order valence-corrected chi connectivity index (χ4v) is 2.80. The number of rotatable bonds is 9. The van der Waals surface area contributed by atoms with E-state index in [1.54, 1.807) is 7.11 Å². The normalized spacial score (nSPS) is 12.2. The van der Waals surface area contributed by atoms with Gasteiger partial charge in [-0.25, -0.2) is 0 Å². The average molecular weight is 328 g/mol. The molecule has 0 saturated heterocycles. The van der Waals surface area contributed by atoms with E-state index in [2.05, 4.69) is 43.0 Å². The summed E-state index contributed by atoms with van der Waals surface area (Å²) in [5.41, 5.74) is 8.05. The lowest BCUT2D eigenvalue weighted by Gasteiger charge is -2.28. The van der Waals surface area contributed by atoms with Crippen molar-refractivity contribution in [2.75, 3.05) is 26.7 Å². The molecule has 2 N–H and O–H groups in total. The molecule has 0 radical (unpaired) electrons. The maximum absolute atomic E-state index is 5.92. The Morgan fingerprint density at radius 2 is 1.83 bits per heavy atom. The van der Waals surface area contributed by atoms with Gasteiger partial charge < -0.3 is 15.2 Å². The zero-order valence-electron chi connectivity index (χ0n) is 14.9. The minimum atomic E-state index is 0.288. The van der Waals surface area contributed by atoms with Crippen molar-refractivity contribution in [3.8, 4) is 11.5 Å². The van der Waals surface area contributed by atoms with Crippen molar-refractivity contribution in [3.05, 3.63) is 59.7 Å². The van der Waals surface area contributed by atoms with Crippen molar-refractivity contribution in [1.29, 1.82) is 0 Å². The molecule has 24 heavy (non-hydrogen) atoms. The smallest absolute Gasteiger partial charge is 0.161 e. The zero-order chi connectivity index (χ0) is 17.4. The largest absolute Gasteiger partial charge is 0.493 e. The Kier molecular flexibility index (Phi) is 7.09. The van der Waals surface area contributed by atoms with Crippen molar-refractivity contribution in [3.63, 3.8) is 0 Å². The van der Waals surface area contributed by atoms with Gasteiger partial charge in [0.25, 0.3) is 0 Å². The van der Waals surface area contributed by atoms with Crippen molar-refractivity contribution in [1.82, 2.24) is 4.90 Å². The molecule has 130 valence electrons. The second kappa shape index (κ2) is 9.30. The molecular formula is C20H28N2O2. The summed E-state index contributed by atoms with van der Waals surface area (Å²) in [5, 5.41) is 0. The van der Waals surface area contributed by atoms with Gasteiger partial charge in [-0.05, 0) is 36.7 Å². The lowest BCUT2D eigenvalue weighted by Crippen LogP contribution is -2.31. The number of hydrogen-bond donors (Lipinski definition) is 1. The summed E-state index contributed by atoms with van der Waals surface area (Å²) < 4.78 is 11.5. The standard InChI is InChI=1S/C20H28N2O2/c1-4-22(13-12-21)16(2)18-10-11-19(20(14-18)23-3)24-15-17-8-6-5-7-9-17/h5-11,14,16H,4,12-13,15,21H2,1-3H3. The van der Waals surface area contributed by atoms with Gasteiger partial charge in [0.2, 0.25) is 0 Å². The van der Waals surface area contributed by atoms with Gasteiger partial charge in [0.1, 0.15) is 6.61 Å². The highest BCUT2D eigenvalue weighted by Gasteiger charge is 2.16. The summed E-state index contributed by atoms with van der Waals surface area (Å²) in [5.74, 6) is 1.53. The van der Waals surface area contributed by atoms with E-state index in [-0.39, 0.29) is 6.04 Å². The number of benzene rings is 2. The van der Waals surface area contributed by atoms with Crippen LogP contribution in [0.25, 0.3) is 0 Å². The maximum atomic E-state index is 5.92. The maximum Gasteiger partial charge on any atom is 0.161 e. The van der Waals surface area contributed by atoms with E-state index in [4.69, 9.17) is 15.2 Å². The lowest BCUT2D eigenvalue weighted by atomic mass is 10.1. The molecule has 0 fully saturated rings. The van der Waals surface area contributed by atoms with Crippen molar-refractivity contribution < 1.29 is 9.47 Å². The van der Waals surface area contributed by atoms with Crippen molar-refractivity contribution >= 4 is 0 Å². The van der Waals surface area contributed by atoms with Crippen LogP contribution < -0.4 is 15.2 Å². The molecule has 2 aromatic carbocycles. The second-order valence-corrected chi connectivity index (χ2v) is 5.78. The van der Waals surface area contributed by atoms with Crippen molar-refractivity contribution in [2.24, 2.45) is 5.73 Å². The molecule has 0 bridgehead atoms. The molecule has 0 amide bonds. The van der Waals surface area contributed by atoms with E-state index in [1.165, 1.54) is 5.56 Å². The molecular weight excluding hydrogens is 300 g/mol. The SMILES string of the molecule is CCN(CCN)C(C)c1ccc(OCc2ccccc2)c(OC)c1. The summed E-state index contributed by atoms with van der Waals surface area (Å²) in [6.45, 7) is 7.38. The molecule has 4 nitrogen and oxygen atoms in total. The Morgan fingerprint density at radius 1 is 1.08 bits per heavy atom. The molecule has 4 heteroatoms. The highest BCUT2D eigenvalue weighted by atomic mass is 16.5. The quantitative estimate of drug-likeness (QED) is 0.764. The van der Waals surface area contributed by atoms with E-state index < -0.39 is 0 Å². The van der Waals surface area contributed by atoms with E-state index in [1.807, 2.05) is 24.3 Å². The third-order valence-corrected chi connectivity index (χ3v) is 4.28. The van der Waals surface area contributed by atoms with Crippen LogP contribution in [-0.2, 0) is 6.61 Å². The Hall–Kier alpha value is -2.04. The molecule has 0 aliphatic rings. The van der Waals surface area contributed by atoms with Crippen molar-refractivity contribution in [2.45, 2.75) is 26.5 Å². The topological polar surface area (TPSA) is 47.7 Å². The van der Waals surface area contributed by atoms with Crippen LogP contribution in [0.1, 0.15) is 31.0 Å². The number of hydrogen-bond acceptors (Lipinski definition) is 4. The first-order valence-corrected chi connectivity index (χ1v) is 8.48. The van der Waals surface area contributed by atoms with Gasteiger partial charge in [0.15, 0.2) is 11.5 Å². The Morgan fingerprint density at radius 3 is 2.46 bits per heavy atom. The summed E-state index contributed by atoms with van der Waals surface area (Å²) in [7, 11) is 1.68. The second-order valence-electron chi connectivity index (χ2n) is 5.78. The monoisotopic (exact) mass is 328 g/mol. The molecule has 0 heterocycles. The van der Waals surface area contributed by atoms with Crippen LogP contribution >= 0.6 is 0 Å². The van der Waals surface area contributed by atoms with Gasteiger partial charge in [-0.2, -0.15) is 0 Å². The Labute approximate surface area is 145 Å². The van der Waals surface area contributed by atoms with Crippen LogP contribution in [0.4, 0.5) is 0 Å². The molecule has 0 aliphatic heterocycles. The van der Waals surface area contributed by atoms with Gasteiger partial charge in [-0.1, -0.05) is 43.3 Å². The first-order valence-electron chi connectivity index (χ1n) is 8.48. The van der Waals surface area contributed by atoms with Gasteiger partial charge in [0.05, 0.1) is 7.11 Å². The molecule has 0 saturated carbocycles. The van der Waals surface area contributed by atoms with E-state index >= 15 is 0 Å². The fraction of sp³-hybridized carbons (Fsp3) is 0.400. The molecule has 0 aromatic heterocycles. The van der Waals surface area contributed by atoms with E-state index in [0.717, 1.165) is 30.2 Å². The number of nitrogens with zero attached hydrogens (tertiary/aromatic N) is 1. The average Bonchev–Trinajstić information content (AvgIpc) is 2.64. The number of nitrogens with two attached hydrogens (primary N) is 1. The first-order chi connectivity index (χ1) is 11.7. The minimum Gasteiger partial charge on any atom is -0.493 e. The molecule has 1 atom stereocenters. The van der Waals surface area contributed by atoms with Crippen LogP contribution in [-0.4, -0.2) is 31.6 Å². The van der Waals surface area contributed by atoms with E-state index in [0.29, 0.717) is 13.2 Å². The molecule has 1 unspecified atom stereocenters. The highest BCUT2D eigenvalue weighted by Crippen LogP contribution is 2.32. The van der Waals surface area contributed by atoms with Gasteiger partial charge >= 0.3 is 0 Å². The number of methoxy groups -OCH3 is 1. The van der Waals surface area contributed by atoms with Crippen LogP contribution in [0.2, 0.25) is 0 Å². The summed E-state index contributed by atoms with van der Waals surface area (Å²) in [6.07, 6.45) is 0. The van der Waals surface area contributed by atoms with Crippen LogP contribution in [0.15, 0.2) is 48.5 Å². The van der Waals surface area contributed by atoms with Gasteiger partial charge in [-0.3, -0.25) is 4.90 Å². The lowest BCUT2D eigenvalue weighted by molar-refractivity contribution is 0.227. The fourth-order valence-electron chi connectivity index (χ4n) is 2.80. The third-order valence-electron chi connectivity index (χ3n) is 4.28. The van der Waals surface area contributed by atoms with Crippen LogP contribution in [0, 0.1) is 0 Å². The summed E-state index contributed by atoms with van der Waals surface area (Å²) >= 11 is 0. The predicted octanol–water partition coefficient (Wildman–Crippen LogP) is 3.62. The Bertz CT molecular complexity index is 616. The molecule has 2 rings (SSSR count). The minimum absolute atomic E-state index is 0.288. The van der Waals surface area contributed by atoms with Gasteiger partial charge in [-0.15, -0.1) is 0 Å². The van der Waals surface area contributed by atoms with Crippen LogP contribution in [0.3, 0.4) is 0 Å². The Balaban J connectivity index is 2.11. The summed E-state index contributed by atoms with van der Waals surface area (Å²) in [6, 6.07) is 16.6. The van der Waals surface area contributed by atoms with Crippen LogP contribution in [0.5, 0.6) is 11.5 Å². The highest BCUT2D eigenvalue weighted by molar-refractivity contribution is 5.44. The number of ether oxygens (including phenoxy) is 2. The molecule has 0 spiro atoms. The van der Waals surface area contributed by atoms with E-state index in [9.17, 15) is 0 Å². The van der Waals surface area contributed by atoms with Gasteiger partial charge in [0, 0.05) is 19.1 Å². The zero-order valence-corrected chi connectivity index (χ0v) is 14.9. The number of likely N-dealkylation sites (N-methyl/N-ethyl adjacent to an activating group) is 1.